The van der Waals surface area contributed by atoms with Gasteiger partial charge >= 0.3 is 5.97 Å². The molecule has 8 heteroatoms. The van der Waals surface area contributed by atoms with Gasteiger partial charge < -0.3 is 9.47 Å². The molecule has 0 saturated carbocycles. The summed E-state index contributed by atoms with van der Waals surface area (Å²) < 4.78 is 39.5. The van der Waals surface area contributed by atoms with Crippen LogP contribution in [0.4, 0.5) is 8.78 Å². The van der Waals surface area contributed by atoms with E-state index in [-0.39, 0.29) is 21.3 Å². The van der Waals surface area contributed by atoms with Crippen LogP contribution in [0.1, 0.15) is 11.6 Å². The standard InChI is InChI=1S/C17H13BrF2N2O3/c1-24-13-6-4-10(19)7-11(13)16(17(23)25-2)22-8-9-3-5-12(18)14(20)15(9)21-22/h3-8,16H,1-2H3. The zero-order valence-electron chi connectivity index (χ0n) is 13.3. The summed E-state index contributed by atoms with van der Waals surface area (Å²) in [6, 6.07) is 5.86. The minimum absolute atomic E-state index is 0.0821. The molecule has 0 spiro atoms. The molecule has 3 rings (SSSR count). The second-order valence-electron chi connectivity index (χ2n) is 5.22. The molecule has 25 heavy (non-hydrogen) atoms. The van der Waals surface area contributed by atoms with Gasteiger partial charge in [-0.1, -0.05) is 0 Å². The van der Waals surface area contributed by atoms with Gasteiger partial charge in [-0.3, -0.25) is 4.68 Å². The maximum atomic E-state index is 14.2. The Bertz CT molecular complexity index is 958. The van der Waals surface area contributed by atoms with Crippen molar-refractivity contribution in [2.24, 2.45) is 0 Å². The number of esters is 1. The molecule has 0 aliphatic carbocycles. The van der Waals surface area contributed by atoms with Crippen molar-refractivity contribution in [1.29, 1.82) is 0 Å². The van der Waals surface area contributed by atoms with Crippen molar-refractivity contribution < 1.29 is 23.0 Å². The first kappa shape index (κ1) is 17.3. The number of fused-ring (bicyclic) bond motifs is 1. The first-order valence-corrected chi connectivity index (χ1v) is 7.99. The van der Waals surface area contributed by atoms with Crippen LogP contribution in [0.15, 0.2) is 41.0 Å². The quantitative estimate of drug-likeness (QED) is 0.613. The Morgan fingerprint density at radius 3 is 2.68 bits per heavy atom. The number of nitrogens with zero attached hydrogens (tertiary/aromatic N) is 2. The van der Waals surface area contributed by atoms with Gasteiger partial charge in [0, 0.05) is 17.1 Å². The van der Waals surface area contributed by atoms with Crippen molar-refractivity contribution in [3.05, 3.63) is 58.2 Å². The lowest BCUT2D eigenvalue weighted by Crippen LogP contribution is -2.23. The highest BCUT2D eigenvalue weighted by molar-refractivity contribution is 9.10. The molecule has 1 heterocycles. The molecule has 0 saturated heterocycles. The van der Waals surface area contributed by atoms with E-state index in [4.69, 9.17) is 9.47 Å². The van der Waals surface area contributed by atoms with Crippen LogP contribution in [0.25, 0.3) is 10.9 Å². The molecule has 3 aromatic rings. The van der Waals surface area contributed by atoms with Gasteiger partial charge in [0.25, 0.3) is 0 Å². The Morgan fingerprint density at radius 2 is 2.00 bits per heavy atom. The summed E-state index contributed by atoms with van der Waals surface area (Å²) in [5.41, 5.74) is 0.306. The summed E-state index contributed by atoms with van der Waals surface area (Å²) in [6.07, 6.45) is 1.50. The number of rotatable bonds is 4. The summed E-state index contributed by atoms with van der Waals surface area (Å²) in [5.74, 6) is -1.49. The van der Waals surface area contributed by atoms with Crippen LogP contribution >= 0.6 is 15.9 Å². The molecule has 1 unspecified atom stereocenters. The number of benzene rings is 2. The Labute approximate surface area is 150 Å². The molecule has 0 amide bonds. The number of hydrogen-bond donors (Lipinski definition) is 0. The van der Waals surface area contributed by atoms with Crippen LogP contribution in [0.5, 0.6) is 5.75 Å². The van der Waals surface area contributed by atoms with Crippen LogP contribution in [0.2, 0.25) is 0 Å². The third-order valence-corrected chi connectivity index (χ3v) is 4.37. The lowest BCUT2D eigenvalue weighted by atomic mass is 10.1. The molecule has 0 fully saturated rings. The van der Waals surface area contributed by atoms with E-state index in [0.29, 0.717) is 5.39 Å². The van der Waals surface area contributed by atoms with Crippen LogP contribution in [0.3, 0.4) is 0 Å². The predicted molar refractivity (Wildman–Crippen MR) is 90.5 cm³/mol. The van der Waals surface area contributed by atoms with Crippen molar-refractivity contribution in [3.63, 3.8) is 0 Å². The fourth-order valence-electron chi connectivity index (χ4n) is 2.59. The number of aromatic nitrogens is 2. The molecule has 2 aromatic carbocycles. The molecule has 0 aliphatic heterocycles. The second-order valence-corrected chi connectivity index (χ2v) is 6.07. The Morgan fingerprint density at radius 1 is 1.24 bits per heavy atom. The summed E-state index contributed by atoms with van der Waals surface area (Å²) in [6.45, 7) is 0. The third kappa shape index (κ3) is 3.09. The average Bonchev–Trinajstić information content (AvgIpc) is 3.03. The van der Waals surface area contributed by atoms with Gasteiger partial charge in [0.1, 0.15) is 17.1 Å². The van der Waals surface area contributed by atoms with Crippen molar-refractivity contribution in [3.8, 4) is 5.75 Å². The number of carbonyl (C=O) groups is 1. The average molecular weight is 411 g/mol. The van der Waals surface area contributed by atoms with Crippen molar-refractivity contribution in [2.75, 3.05) is 14.2 Å². The number of carbonyl (C=O) groups excluding carboxylic acids is 1. The van der Waals surface area contributed by atoms with Crippen LogP contribution in [0, 0.1) is 11.6 Å². The summed E-state index contributed by atoms with van der Waals surface area (Å²) in [4.78, 5) is 12.4. The lowest BCUT2D eigenvalue weighted by Gasteiger charge is -2.18. The van der Waals surface area contributed by atoms with Gasteiger partial charge in [0.05, 0.1) is 18.7 Å². The third-order valence-electron chi connectivity index (χ3n) is 3.76. The van der Waals surface area contributed by atoms with Crippen molar-refractivity contribution in [2.45, 2.75) is 6.04 Å². The predicted octanol–water partition coefficient (Wildman–Crippen LogP) is 3.85. The summed E-state index contributed by atoms with van der Waals surface area (Å²) in [7, 11) is 2.61. The van der Waals surface area contributed by atoms with E-state index in [0.717, 1.165) is 0 Å². The van der Waals surface area contributed by atoms with Crippen molar-refractivity contribution >= 4 is 32.8 Å². The summed E-state index contributed by atoms with van der Waals surface area (Å²) >= 11 is 3.10. The first-order chi connectivity index (χ1) is 12.0. The van der Waals surface area contributed by atoms with E-state index in [1.165, 1.54) is 43.3 Å². The SMILES string of the molecule is COC(=O)C(c1cc(F)ccc1OC)n1cc2ccc(Br)c(F)c2n1. The van der Waals surface area contributed by atoms with E-state index in [2.05, 4.69) is 21.0 Å². The minimum atomic E-state index is -1.12. The fourth-order valence-corrected chi connectivity index (χ4v) is 2.91. The van der Waals surface area contributed by atoms with Crippen LogP contribution < -0.4 is 4.74 Å². The first-order valence-electron chi connectivity index (χ1n) is 7.20. The highest BCUT2D eigenvalue weighted by Crippen LogP contribution is 2.32. The lowest BCUT2D eigenvalue weighted by molar-refractivity contribution is -0.143. The molecular formula is C17H13BrF2N2O3. The highest BCUT2D eigenvalue weighted by Gasteiger charge is 2.29. The zero-order chi connectivity index (χ0) is 18.1. The smallest absolute Gasteiger partial charge is 0.335 e. The van der Waals surface area contributed by atoms with E-state index in [9.17, 15) is 13.6 Å². The van der Waals surface area contributed by atoms with Crippen LogP contribution in [-0.4, -0.2) is 30.0 Å². The molecule has 130 valence electrons. The second kappa shape index (κ2) is 6.79. The Hall–Kier alpha value is -2.48. The largest absolute Gasteiger partial charge is 0.496 e. The highest BCUT2D eigenvalue weighted by atomic mass is 79.9. The Kier molecular flexibility index (Phi) is 4.71. The minimum Gasteiger partial charge on any atom is -0.496 e. The van der Waals surface area contributed by atoms with Gasteiger partial charge in [0.2, 0.25) is 0 Å². The molecule has 1 atom stereocenters. The number of hydrogen-bond acceptors (Lipinski definition) is 4. The van der Waals surface area contributed by atoms with Crippen molar-refractivity contribution in [1.82, 2.24) is 9.78 Å². The molecule has 0 aliphatic rings. The normalized spacial score (nSPS) is 12.2. The zero-order valence-corrected chi connectivity index (χ0v) is 14.9. The maximum Gasteiger partial charge on any atom is 0.335 e. The number of halogens is 3. The molecule has 0 bridgehead atoms. The molecular weight excluding hydrogens is 398 g/mol. The molecule has 0 radical (unpaired) electrons. The van der Waals surface area contributed by atoms with E-state index < -0.39 is 23.6 Å². The fraction of sp³-hybridized carbons (Fsp3) is 0.176. The van der Waals surface area contributed by atoms with E-state index >= 15 is 0 Å². The monoisotopic (exact) mass is 410 g/mol. The van der Waals surface area contributed by atoms with Gasteiger partial charge in [-0.05, 0) is 46.3 Å². The molecule has 0 N–H and O–H groups in total. The number of methoxy groups -OCH3 is 2. The maximum absolute atomic E-state index is 14.2. The van der Waals surface area contributed by atoms with Gasteiger partial charge in [0.15, 0.2) is 11.9 Å². The van der Waals surface area contributed by atoms with E-state index in [1.807, 2.05) is 0 Å². The molecule has 5 nitrogen and oxygen atoms in total. The topological polar surface area (TPSA) is 53.4 Å². The number of ether oxygens (including phenoxy) is 2. The van der Waals surface area contributed by atoms with Gasteiger partial charge in [-0.15, -0.1) is 0 Å². The van der Waals surface area contributed by atoms with Gasteiger partial charge in [-0.2, -0.15) is 5.10 Å². The Balaban J connectivity index is 2.23. The van der Waals surface area contributed by atoms with Crippen LogP contribution in [-0.2, 0) is 9.53 Å². The summed E-state index contributed by atoms with van der Waals surface area (Å²) in [5, 5.41) is 4.65. The van der Waals surface area contributed by atoms with E-state index in [1.54, 1.807) is 12.1 Å². The molecule has 1 aromatic heterocycles. The van der Waals surface area contributed by atoms with Gasteiger partial charge in [-0.25, -0.2) is 13.6 Å².